The Morgan fingerprint density at radius 1 is 0.714 bits per heavy atom. The lowest BCUT2D eigenvalue weighted by Crippen LogP contribution is -2.19. The Balaban J connectivity index is 2.15. The van der Waals surface area contributed by atoms with Crippen molar-refractivity contribution < 1.29 is 23.7 Å². The molecule has 0 fully saturated rings. The van der Waals surface area contributed by atoms with Crippen LogP contribution in [-0.2, 0) is 0 Å². The van der Waals surface area contributed by atoms with Crippen LogP contribution in [0.25, 0.3) is 0 Å². The highest BCUT2D eigenvalue weighted by molar-refractivity contribution is 6.00. The van der Waals surface area contributed by atoms with Crippen molar-refractivity contribution in [2.45, 2.75) is 27.7 Å². The fraction of sp³-hybridized carbons (Fsp3) is 0.381. The fourth-order valence-corrected chi connectivity index (χ4v) is 2.56. The third-order valence-corrected chi connectivity index (χ3v) is 3.59. The molecule has 0 unspecified atom stereocenters. The first kappa shape index (κ1) is 21.2. The second-order valence-corrected chi connectivity index (χ2v) is 5.64. The number of anilines is 2. The van der Waals surface area contributed by atoms with E-state index in [1.165, 1.54) is 0 Å². The molecule has 0 radical (unpaired) electrons. The van der Waals surface area contributed by atoms with Crippen LogP contribution in [0.5, 0.6) is 23.0 Å². The Kier molecular flexibility index (Phi) is 8.27. The second-order valence-electron chi connectivity index (χ2n) is 5.64. The first-order valence-electron chi connectivity index (χ1n) is 9.48. The summed E-state index contributed by atoms with van der Waals surface area (Å²) in [6, 6.07) is 10.2. The predicted octanol–water partition coefficient (Wildman–Crippen LogP) is 4.93. The molecule has 0 saturated carbocycles. The molecule has 0 atom stereocenters. The number of ether oxygens (including phenoxy) is 4. The molecule has 0 heterocycles. The lowest BCUT2D eigenvalue weighted by molar-refractivity contribution is 0.260. The molecule has 0 spiro atoms. The van der Waals surface area contributed by atoms with Crippen molar-refractivity contribution in [3.63, 3.8) is 0 Å². The molecular weight excluding hydrogens is 360 g/mol. The van der Waals surface area contributed by atoms with E-state index >= 15 is 0 Å². The number of benzene rings is 2. The summed E-state index contributed by atoms with van der Waals surface area (Å²) in [6.07, 6.45) is 0. The minimum atomic E-state index is -0.377. The molecule has 0 aliphatic heterocycles. The van der Waals surface area contributed by atoms with Crippen molar-refractivity contribution in [2.24, 2.45) is 0 Å². The van der Waals surface area contributed by atoms with E-state index in [9.17, 15) is 4.79 Å². The quantitative estimate of drug-likeness (QED) is 0.604. The van der Waals surface area contributed by atoms with Crippen LogP contribution in [0, 0.1) is 0 Å². The number of rotatable bonds is 10. The zero-order valence-electron chi connectivity index (χ0n) is 16.8. The highest BCUT2D eigenvalue weighted by Gasteiger charge is 2.16. The molecule has 0 aromatic heterocycles. The molecule has 2 N–H and O–H groups in total. The molecule has 0 aliphatic carbocycles. The molecule has 0 bridgehead atoms. The number of hydrogen-bond donors (Lipinski definition) is 2. The third-order valence-electron chi connectivity index (χ3n) is 3.59. The van der Waals surface area contributed by atoms with E-state index in [0.717, 1.165) is 5.75 Å². The summed E-state index contributed by atoms with van der Waals surface area (Å²) in [6.45, 7) is 9.58. The van der Waals surface area contributed by atoms with E-state index in [0.29, 0.717) is 55.1 Å². The second kappa shape index (κ2) is 10.9. The van der Waals surface area contributed by atoms with Gasteiger partial charge in [-0.15, -0.1) is 0 Å². The summed E-state index contributed by atoms with van der Waals surface area (Å²) < 4.78 is 22.4. The lowest BCUT2D eigenvalue weighted by atomic mass is 10.2. The summed E-state index contributed by atoms with van der Waals surface area (Å²) in [4.78, 5) is 12.4. The van der Waals surface area contributed by atoms with Gasteiger partial charge in [-0.05, 0) is 52.0 Å². The Morgan fingerprint density at radius 3 is 1.71 bits per heavy atom. The summed E-state index contributed by atoms with van der Waals surface area (Å²) >= 11 is 0. The summed E-state index contributed by atoms with van der Waals surface area (Å²) in [5.41, 5.74) is 1.20. The van der Waals surface area contributed by atoms with Crippen LogP contribution in [-0.4, -0.2) is 32.5 Å². The number of nitrogens with one attached hydrogen (secondary N) is 2. The molecular formula is C21H28N2O5. The highest BCUT2D eigenvalue weighted by Crippen LogP contribution is 2.40. The first-order chi connectivity index (χ1) is 13.6. The summed E-state index contributed by atoms with van der Waals surface area (Å²) in [5.74, 6) is 2.32. The molecule has 7 nitrogen and oxygen atoms in total. The van der Waals surface area contributed by atoms with Gasteiger partial charge in [0.25, 0.3) is 0 Å². The van der Waals surface area contributed by atoms with Gasteiger partial charge in [0.1, 0.15) is 5.75 Å². The van der Waals surface area contributed by atoms with Crippen LogP contribution in [0.4, 0.5) is 16.2 Å². The van der Waals surface area contributed by atoms with Gasteiger partial charge in [0.15, 0.2) is 11.5 Å². The van der Waals surface area contributed by atoms with E-state index < -0.39 is 0 Å². The minimum Gasteiger partial charge on any atom is -0.494 e. The topological polar surface area (TPSA) is 78.1 Å². The smallest absolute Gasteiger partial charge is 0.323 e. The first-order valence-corrected chi connectivity index (χ1v) is 9.48. The summed E-state index contributed by atoms with van der Waals surface area (Å²) in [5, 5.41) is 5.58. The van der Waals surface area contributed by atoms with Crippen molar-refractivity contribution in [2.75, 3.05) is 37.1 Å². The molecule has 2 aromatic carbocycles. The molecule has 2 aromatic rings. The van der Waals surface area contributed by atoms with Gasteiger partial charge in [0, 0.05) is 17.8 Å². The Bertz CT molecular complexity index is 735. The van der Waals surface area contributed by atoms with E-state index in [2.05, 4.69) is 10.6 Å². The molecule has 7 heteroatoms. The van der Waals surface area contributed by atoms with Crippen molar-refractivity contribution in [3.05, 3.63) is 36.4 Å². The zero-order chi connectivity index (χ0) is 20.4. The van der Waals surface area contributed by atoms with Gasteiger partial charge in [-0.25, -0.2) is 4.79 Å². The average molecular weight is 388 g/mol. The van der Waals surface area contributed by atoms with E-state index in [1.54, 1.807) is 36.4 Å². The van der Waals surface area contributed by atoms with Crippen LogP contribution in [0.15, 0.2) is 36.4 Å². The van der Waals surface area contributed by atoms with Crippen LogP contribution in [0.2, 0.25) is 0 Å². The minimum absolute atomic E-state index is 0.377. The fourth-order valence-electron chi connectivity index (χ4n) is 2.56. The zero-order valence-corrected chi connectivity index (χ0v) is 16.8. The van der Waals surface area contributed by atoms with E-state index in [-0.39, 0.29) is 6.03 Å². The standard InChI is InChI=1S/C21H28N2O5/c1-5-25-17-11-9-15(10-12-17)22-21(24)23-16-13-18(26-6-2)20(28-8-4)19(14-16)27-7-3/h9-14H,5-8H2,1-4H3,(H2,22,23,24). The normalized spacial score (nSPS) is 10.1. The Hall–Kier alpha value is -3.09. The van der Waals surface area contributed by atoms with Gasteiger partial charge in [-0.2, -0.15) is 0 Å². The molecule has 0 aliphatic rings. The number of urea groups is 1. The maximum Gasteiger partial charge on any atom is 0.323 e. The lowest BCUT2D eigenvalue weighted by Gasteiger charge is -2.17. The van der Waals surface area contributed by atoms with Crippen LogP contribution >= 0.6 is 0 Å². The van der Waals surface area contributed by atoms with E-state index in [1.807, 2.05) is 27.7 Å². The number of amides is 2. The third kappa shape index (κ3) is 5.97. The Labute approximate surface area is 165 Å². The maximum absolute atomic E-state index is 12.4. The maximum atomic E-state index is 12.4. The summed E-state index contributed by atoms with van der Waals surface area (Å²) in [7, 11) is 0. The van der Waals surface area contributed by atoms with Gasteiger partial charge >= 0.3 is 6.03 Å². The molecule has 152 valence electrons. The van der Waals surface area contributed by atoms with Crippen LogP contribution in [0.1, 0.15) is 27.7 Å². The van der Waals surface area contributed by atoms with Gasteiger partial charge in [0.05, 0.1) is 32.1 Å². The van der Waals surface area contributed by atoms with Crippen molar-refractivity contribution in [3.8, 4) is 23.0 Å². The number of carbonyl (C=O) groups excluding carboxylic acids is 1. The van der Waals surface area contributed by atoms with Gasteiger partial charge in [0.2, 0.25) is 5.75 Å². The van der Waals surface area contributed by atoms with Gasteiger partial charge in [-0.1, -0.05) is 0 Å². The van der Waals surface area contributed by atoms with Gasteiger partial charge in [-0.3, -0.25) is 0 Å². The number of carbonyl (C=O) groups is 1. The van der Waals surface area contributed by atoms with Crippen molar-refractivity contribution in [1.29, 1.82) is 0 Å². The molecule has 2 amide bonds. The number of hydrogen-bond acceptors (Lipinski definition) is 5. The SMILES string of the molecule is CCOc1ccc(NC(=O)Nc2cc(OCC)c(OCC)c(OCC)c2)cc1. The van der Waals surface area contributed by atoms with Gasteiger partial charge < -0.3 is 29.6 Å². The molecule has 0 saturated heterocycles. The molecule has 2 rings (SSSR count). The Morgan fingerprint density at radius 2 is 1.21 bits per heavy atom. The monoisotopic (exact) mass is 388 g/mol. The van der Waals surface area contributed by atoms with Crippen LogP contribution in [0.3, 0.4) is 0 Å². The van der Waals surface area contributed by atoms with Crippen molar-refractivity contribution >= 4 is 17.4 Å². The van der Waals surface area contributed by atoms with E-state index in [4.69, 9.17) is 18.9 Å². The highest BCUT2D eigenvalue weighted by atomic mass is 16.5. The predicted molar refractivity (Wildman–Crippen MR) is 110 cm³/mol. The molecule has 28 heavy (non-hydrogen) atoms. The van der Waals surface area contributed by atoms with Crippen LogP contribution < -0.4 is 29.6 Å². The average Bonchev–Trinajstić information content (AvgIpc) is 2.66. The van der Waals surface area contributed by atoms with Crippen molar-refractivity contribution in [1.82, 2.24) is 0 Å². The largest absolute Gasteiger partial charge is 0.494 e.